The third-order valence-corrected chi connectivity index (χ3v) is 4.43. The van der Waals surface area contributed by atoms with Gasteiger partial charge < -0.3 is 10.3 Å². The lowest BCUT2D eigenvalue weighted by Crippen LogP contribution is -2.02. The molecule has 4 nitrogen and oxygen atoms in total. The lowest BCUT2D eigenvalue weighted by atomic mass is 10.2. The van der Waals surface area contributed by atoms with E-state index in [1.54, 1.807) is 6.33 Å². The van der Waals surface area contributed by atoms with Crippen molar-refractivity contribution in [1.82, 2.24) is 14.5 Å². The molecule has 4 rings (SSSR count). The summed E-state index contributed by atoms with van der Waals surface area (Å²) in [6.45, 7) is 0. The third kappa shape index (κ3) is 1.59. The molecule has 1 aliphatic rings. The van der Waals surface area contributed by atoms with E-state index in [-0.39, 0.29) is 0 Å². The Bertz CT molecular complexity index is 805. The van der Waals surface area contributed by atoms with Crippen molar-refractivity contribution in [1.29, 1.82) is 0 Å². The Hall–Kier alpha value is -1.88. The summed E-state index contributed by atoms with van der Waals surface area (Å²) in [5.74, 6) is 0.548. The van der Waals surface area contributed by atoms with Gasteiger partial charge in [0, 0.05) is 15.9 Å². The van der Waals surface area contributed by atoms with Crippen LogP contribution in [0, 0.1) is 0 Å². The van der Waals surface area contributed by atoms with Crippen LogP contribution in [0.3, 0.4) is 0 Å². The molecule has 5 heteroatoms. The van der Waals surface area contributed by atoms with E-state index < -0.39 is 0 Å². The van der Waals surface area contributed by atoms with Crippen molar-refractivity contribution in [3.05, 3.63) is 46.3 Å². The second-order valence-corrected chi connectivity index (χ2v) is 5.96. The number of hydrogen-bond acceptors (Lipinski definition) is 3. The molecule has 0 radical (unpaired) electrons. The molecule has 20 heavy (non-hydrogen) atoms. The van der Waals surface area contributed by atoms with Crippen LogP contribution in [0.15, 0.2) is 35.1 Å². The summed E-state index contributed by atoms with van der Waals surface area (Å²) < 4.78 is 3.29. The highest BCUT2D eigenvalue weighted by molar-refractivity contribution is 9.10. The van der Waals surface area contributed by atoms with Crippen molar-refractivity contribution >= 4 is 32.8 Å². The summed E-state index contributed by atoms with van der Waals surface area (Å²) in [7, 11) is 0. The van der Waals surface area contributed by atoms with Gasteiger partial charge in [0.2, 0.25) is 0 Å². The molecule has 0 spiro atoms. The minimum absolute atomic E-state index is 0.548. The summed E-state index contributed by atoms with van der Waals surface area (Å²) >= 11 is 3.48. The molecule has 0 fully saturated rings. The highest BCUT2D eigenvalue weighted by atomic mass is 79.9. The number of nitrogens with zero attached hydrogens (tertiary/aromatic N) is 3. The first-order valence-electron chi connectivity index (χ1n) is 6.64. The zero-order chi connectivity index (χ0) is 13.7. The molecular weight excluding hydrogens is 316 g/mol. The SMILES string of the molecule is Nc1ncnc2c3c(n(-c4ccc(Br)cc4)c12)CCC3. The zero-order valence-electron chi connectivity index (χ0n) is 10.8. The van der Waals surface area contributed by atoms with Gasteiger partial charge in [-0.15, -0.1) is 0 Å². The largest absolute Gasteiger partial charge is 0.382 e. The normalized spacial score (nSPS) is 13.8. The van der Waals surface area contributed by atoms with Crippen LogP contribution in [0.4, 0.5) is 5.82 Å². The van der Waals surface area contributed by atoms with Crippen molar-refractivity contribution in [2.24, 2.45) is 0 Å². The molecule has 2 N–H and O–H groups in total. The lowest BCUT2D eigenvalue weighted by molar-refractivity contribution is 0.872. The fraction of sp³-hybridized carbons (Fsp3) is 0.200. The first-order valence-corrected chi connectivity index (χ1v) is 7.43. The molecule has 0 aliphatic heterocycles. The number of halogens is 1. The maximum Gasteiger partial charge on any atom is 0.151 e. The monoisotopic (exact) mass is 328 g/mol. The van der Waals surface area contributed by atoms with E-state index in [4.69, 9.17) is 5.73 Å². The van der Waals surface area contributed by atoms with Crippen molar-refractivity contribution in [3.63, 3.8) is 0 Å². The Labute approximate surface area is 124 Å². The molecule has 2 heterocycles. The first kappa shape index (κ1) is 11.9. The Morgan fingerprint density at radius 2 is 1.90 bits per heavy atom. The molecule has 0 saturated carbocycles. The van der Waals surface area contributed by atoms with E-state index in [0.717, 1.165) is 34.0 Å². The standard InChI is InChI=1S/C15H13BrN4/c16-9-4-6-10(7-5-9)20-12-3-1-2-11(12)13-14(20)15(17)19-8-18-13/h4-8H,1-3H2,(H2,17,18,19). The molecule has 0 unspecified atom stereocenters. The predicted molar refractivity (Wildman–Crippen MR) is 83.0 cm³/mol. The van der Waals surface area contributed by atoms with Crippen LogP contribution < -0.4 is 5.73 Å². The highest BCUT2D eigenvalue weighted by Crippen LogP contribution is 2.36. The Morgan fingerprint density at radius 1 is 1.10 bits per heavy atom. The topological polar surface area (TPSA) is 56.7 Å². The van der Waals surface area contributed by atoms with Gasteiger partial charge >= 0.3 is 0 Å². The number of fused-ring (bicyclic) bond motifs is 3. The maximum absolute atomic E-state index is 6.10. The van der Waals surface area contributed by atoms with Crippen LogP contribution in [0.5, 0.6) is 0 Å². The molecular formula is C15H13BrN4. The van der Waals surface area contributed by atoms with Gasteiger partial charge in [0.1, 0.15) is 11.8 Å². The second kappa shape index (κ2) is 4.31. The molecule has 1 aliphatic carbocycles. The third-order valence-electron chi connectivity index (χ3n) is 3.90. The summed E-state index contributed by atoms with van der Waals surface area (Å²) in [6.07, 6.45) is 4.89. The van der Waals surface area contributed by atoms with Gasteiger partial charge in [-0.25, -0.2) is 9.97 Å². The number of rotatable bonds is 1. The smallest absolute Gasteiger partial charge is 0.151 e. The van der Waals surface area contributed by atoms with E-state index in [1.807, 2.05) is 12.1 Å². The lowest BCUT2D eigenvalue weighted by Gasteiger charge is -2.10. The Morgan fingerprint density at radius 3 is 2.70 bits per heavy atom. The van der Waals surface area contributed by atoms with Crippen molar-refractivity contribution in [2.45, 2.75) is 19.3 Å². The van der Waals surface area contributed by atoms with E-state index in [0.29, 0.717) is 5.82 Å². The number of nitrogens with two attached hydrogens (primary N) is 1. The summed E-state index contributed by atoms with van der Waals surface area (Å²) in [5.41, 5.74) is 11.8. The Balaban J connectivity index is 2.10. The number of aryl methyl sites for hydroxylation is 1. The number of nitrogen functional groups attached to an aromatic ring is 1. The number of benzene rings is 1. The molecule has 0 amide bonds. The van der Waals surface area contributed by atoms with Gasteiger partial charge in [0.15, 0.2) is 5.82 Å². The number of aromatic nitrogens is 3. The van der Waals surface area contributed by atoms with Crippen molar-refractivity contribution < 1.29 is 0 Å². The van der Waals surface area contributed by atoms with Gasteiger partial charge in [-0.2, -0.15) is 0 Å². The van der Waals surface area contributed by atoms with Gasteiger partial charge in [-0.3, -0.25) is 0 Å². The van der Waals surface area contributed by atoms with Gasteiger partial charge in [0.05, 0.1) is 5.52 Å². The Kier molecular flexibility index (Phi) is 2.57. The highest BCUT2D eigenvalue weighted by Gasteiger charge is 2.24. The zero-order valence-corrected chi connectivity index (χ0v) is 12.4. The number of anilines is 1. The average Bonchev–Trinajstić information content (AvgIpc) is 3.01. The molecule has 100 valence electrons. The summed E-state index contributed by atoms with van der Waals surface area (Å²) in [4.78, 5) is 8.62. The van der Waals surface area contributed by atoms with Gasteiger partial charge in [0.25, 0.3) is 0 Å². The number of hydrogen-bond donors (Lipinski definition) is 1. The molecule has 0 atom stereocenters. The van der Waals surface area contributed by atoms with Crippen LogP contribution >= 0.6 is 15.9 Å². The molecule has 0 saturated heterocycles. The van der Waals surface area contributed by atoms with E-state index >= 15 is 0 Å². The van der Waals surface area contributed by atoms with E-state index in [9.17, 15) is 0 Å². The molecule has 3 aromatic rings. The summed E-state index contributed by atoms with van der Waals surface area (Å²) in [6, 6.07) is 8.27. The average molecular weight is 329 g/mol. The predicted octanol–water partition coefficient (Wildman–Crippen LogP) is 3.25. The van der Waals surface area contributed by atoms with Crippen LogP contribution in [0.2, 0.25) is 0 Å². The quantitative estimate of drug-likeness (QED) is 0.746. The van der Waals surface area contributed by atoms with Crippen molar-refractivity contribution in [3.8, 4) is 5.69 Å². The first-order chi connectivity index (χ1) is 9.75. The second-order valence-electron chi connectivity index (χ2n) is 5.05. The molecule has 0 bridgehead atoms. The minimum Gasteiger partial charge on any atom is -0.382 e. The van der Waals surface area contributed by atoms with Crippen LogP contribution in [0.25, 0.3) is 16.7 Å². The van der Waals surface area contributed by atoms with Crippen LogP contribution in [0.1, 0.15) is 17.7 Å². The minimum atomic E-state index is 0.548. The van der Waals surface area contributed by atoms with Crippen LogP contribution in [-0.4, -0.2) is 14.5 Å². The van der Waals surface area contributed by atoms with Gasteiger partial charge in [-0.1, -0.05) is 15.9 Å². The fourth-order valence-corrected chi connectivity index (χ4v) is 3.34. The van der Waals surface area contributed by atoms with Crippen molar-refractivity contribution in [2.75, 3.05) is 5.73 Å². The summed E-state index contributed by atoms with van der Waals surface area (Å²) in [5, 5.41) is 0. The maximum atomic E-state index is 6.10. The van der Waals surface area contributed by atoms with E-state index in [1.165, 1.54) is 17.7 Å². The molecule has 2 aromatic heterocycles. The van der Waals surface area contributed by atoms with E-state index in [2.05, 4.69) is 42.6 Å². The van der Waals surface area contributed by atoms with Gasteiger partial charge in [-0.05, 0) is 49.1 Å². The van der Waals surface area contributed by atoms with Crippen LogP contribution in [-0.2, 0) is 12.8 Å². The fourth-order valence-electron chi connectivity index (χ4n) is 3.07. The molecule has 1 aromatic carbocycles.